The topological polar surface area (TPSA) is 70.2 Å². The van der Waals surface area contributed by atoms with Gasteiger partial charge in [0.1, 0.15) is 6.04 Å². The Balaban J connectivity index is 3.85. The molecular weight excluding hydrogens is 234 g/mol. The number of hydrogen-bond acceptors (Lipinski definition) is 5. The molecule has 0 heterocycles. The van der Waals surface area contributed by atoms with Crippen LogP contribution in [0.2, 0.25) is 0 Å². The van der Waals surface area contributed by atoms with Crippen molar-refractivity contribution in [2.45, 2.75) is 6.04 Å². The minimum Gasteiger partial charge on any atom is -0.357 e. The van der Waals surface area contributed by atoms with E-state index in [2.05, 4.69) is 41.2 Å². The van der Waals surface area contributed by atoms with Gasteiger partial charge in [-0.3, -0.25) is 9.59 Å². The van der Waals surface area contributed by atoms with Crippen LogP contribution in [0, 0.1) is 0 Å². The van der Waals surface area contributed by atoms with E-state index in [1.807, 2.05) is 0 Å². The molecule has 0 radical (unpaired) electrons. The van der Waals surface area contributed by atoms with E-state index in [-0.39, 0.29) is 24.1 Å². The van der Waals surface area contributed by atoms with Crippen molar-refractivity contribution in [3.63, 3.8) is 0 Å². The fourth-order valence-corrected chi connectivity index (χ4v) is 1.31. The number of carbonyl (C=O) groups excluding carboxylic acids is 2. The van der Waals surface area contributed by atoms with Crippen LogP contribution in [0.3, 0.4) is 0 Å². The van der Waals surface area contributed by atoms with Crippen LogP contribution in [-0.4, -0.2) is 49.5 Å². The summed E-state index contributed by atoms with van der Waals surface area (Å²) in [4.78, 5) is 22.5. The lowest BCUT2D eigenvalue weighted by atomic mass is 10.3. The second-order valence-electron chi connectivity index (χ2n) is 2.82. The summed E-state index contributed by atoms with van der Waals surface area (Å²) in [6.07, 6.45) is 0. The maximum absolute atomic E-state index is 11.3. The van der Waals surface area contributed by atoms with Gasteiger partial charge in [0, 0.05) is 25.1 Å². The van der Waals surface area contributed by atoms with Crippen molar-refractivity contribution < 1.29 is 9.59 Å². The van der Waals surface area contributed by atoms with E-state index < -0.39 is 6.04 Å². The van der Waals surface area contributed by atoms with Gasteiger partial charge in [0.25, 0.3) is 0 Å². The third kappa shape index (κ3) is 6.64. The maximum atomic E-state index is 11.3. The minimum absolute atomic E-state index is 0.182. The van der Waals surface area contributed by atoms with Crippen molar-refractivity contribution >= 4 is 37.1 Å². The Morgan fingerprint density at radius 3 is 2.47 bits per heavy atom. The average Bonchev–Trinajstić information content (AvgIpc) is 2.25. The SMILES string of the molecule is CNC(=O)C(CS)NC(=O)CNCCS. The van der Waals surface area contributed by atoms with Crippen molar-refractivity contribution in [1.29, 1.82) is 0 Å². The number of amides is 2. The first-order valence-electron chi connectivity index (χ1n) is 4.59. The van der Waals surface area contributed by atoms with E-state index in [9.17, 15) is 9.59 Å². The summed E-state index contributed by atoms with van der Waals surface area (Å²) < 4.78 is 0. The molecule has 1 unspecified atom stereocenters. The van der Waals surface area contributed by atoms with Crippen LogP contribution in [0.5, 0.6) is 0 Å². The number of rotatable bonds is 7. The summed E-state index contributed by atoms with van der Waals surface area (Å²) >= 11 is 7.97. The molecule has 0 aromatic heterocycles. The molecular formula is C8H17N3O2S2. The summed E-state index contributed by atoms with van der Waals surface area (Å²) in [6, 6.07) is -0.580. The Labute approximate surface area is 101 Å². The molecule has 0 saturated heterocycles. The van der Waals surface area contributed by atoms with Crippen LogP contribution in [0.1, 0.15) is 0 Å². The number of thiol groups is 2. The van der Waals surface area contributed by atoms with Crippen LogP contribution < -0.4 is 16.0 Å². The van der Waals surface area contributed by atoms with Gasteiger partial charge in [-0.1, -0.05) is 0 Å². The Morgan fingerprint density at radius 2 is 2.00 bits per heavy atom. The second-order valence-corrected chi connectivity index (χ2v) is 3.63. The second kappa shape index (κ2) is 8.87. The first kappa shape index (κ1) is 14.6. The number of likely N-dealkylation sites (N-methyl/N-ethyl adjacent to an activating group) is 1. The van der Waals surface area contributed by atoms with Gasteiger partial charge >= 0.3 is 0 Å². The molecule has 0 aromatic carbocycles. The number of hydrogen-bond donors (Lipinski definition) is 5. The molecule has 88 valence electrons. The highest BCUT2D eigenvalue weighted by atomic mass is 32.1. The fraction of sp³-hybridized carbons (Fsp3) is 0.750. The molecule has 0 aliphatic carbocycles. The van der Waals surface area contributed by atoms with E-state index in [0.717, 1.165) is 0 Å². The number of carbonyl (C=O) groups is 2. The van der Waals surface area contributed by atoms with E-state index in [4.69, 9.17) is 0 Å². The highest BCUT2D eigenvalue weighted by Gasteiger charge is 2.17. The first-order valence-corrected chi connectivity index (χ1v) is 5.85. The molecule has 0 fully saturated rings. The van der Waals surface area contributed by atoms with Crippen molar-refractivity contribution in [2.75, 3.05) is 31.6 Å². The molecule has 15 heavy (non-hydrogen) atoms. The van der Waals surface area contributed by atoms with Crippen LogP contribution in [0.4, 0.5) is 0 Å². The van der Waals surface area contributed by atoms with E-state index in [1.54, 1.807) is 0 Å². The van der Waals surface area contributed by atoms with Crippen molar-refractivity contribution in [3.8, 4) is 0 Å². The zero-order valence-electron chi connectivity index (χ0n) is 8.62. The summed E-state index contributed by atoms with van der Waals surface area (Å²) in [5.41, 5.74) is 0. The maximum Gasteiger partial charge on any atom is 0.243 e. The van der Waals surface area contributed by atoms with Crippen molar-refractivity contribution in [1.82, 2.24) is 16.0 Å². The molecule has 7 heteroatoms. The van der Waals surface area contributed by atoms with Gasteiger partial charge in [0.2, 0.25) is 11.8 Å². The Kier molecular flexibility index (Phi) is 8.64. The summed E-state index contributed by atoms with van der Waals surface area (Å²) in [7, 11) is 1.52. The zero-order chi connectivity index (χ0) is 11.7. The van der Waals surface area contributed by atoms with E-state index in [1.165, 1.54) is 7.05 Å². The monoisotopic (exact) mass is 251 g/mol. The third-order valence-corrected chi connectivity index (χ3v) is 2.24. The Bertz CT molecular complexity index is 214. The number of nitrogens with one attached hydrogen (secondary N) is 3. The molecule has 5 nitrogen and oxygen atoms in total. The van der Waals surface area contributed by atoms with Crippen LogP contribution >= 0.6 is 25.3 Å². The molecule has 1 atom stereocenters. The third-order valence-electron chi connectivity index (χ3n) is 1.65. The quantitative estimate of drug-likeness (QED) is 0.287. The van der Waals surface area contributed by atoms with Crippen LogP contribution in [0.25, 0.3) is 0 Å². The van der Waals surface area contributed by atoms with Gasteiger partial charge in [0.05, 0.1) is 6.54 Å². The molecule has 3 N–H and O–H groups in total. The smallest absolute Gasteiger partial charge is 0.243 e. The lowest BCUT2D eigenvalue weighted by molar-refractivity contribution is -0.127. The largest absolute Gasteiger partial charge is 0.357 e. The first-order chi connectivity index (χ1) is 7.15. The average molecular weight is 251 g/mol. The Hall–Kier alpha value is -0.400. The minimum atomic E-state index is -0.580. The molecule has 0 saturated carbocycles. The van der Waals surface area contributed by atoms with Crippen LogP contribution in [-0.2, 0) is 9.59 Å². The van der Waals surface area contributed by atoms with Gasteiger partial charge in [-0.15, -0.1) is 0 Å². The molecule has 0 aromatic rings. The van der Waals surface area contributed by atoms with E-state index in [0.29, 0.717) is 12.3 Å². The van der Waals surface area contributed by atoms with Gasteiger partial charge in [-0.25, -0.2) is 0 Å². The highest BCUT2D eigenvalue weighted by Crippen LogP contribution is 1.87. The standard InChI is InChI=1S/C8H17N3O2S2/c1-9-8(13)6(5-15)11-7(12)4-10-2-3-14/h6,10,14-15H,2-5H2,1H3,(H,9,13)(H,11,12). The van der Waals surface area contributed by atoms with Gasteiger partial charge < -0.3 is 16.0 Å². The molecule has 2 amide bonds. The normalized spacial score (nSPS) is 11.9. The Morgan fingerprint density at radius 1 is 1.33 bits per heavy atom. The van der Waals surface area contributed by atoms with Crippen molar-refractivity contribution in [3.05, 3.63) is 0 Å². The van der Waals surface area contributed by atoms with Gasteiger partial charge in [0.15, 0.2) is 0 Å². The summed E-state index contributed by atoms with van der Waals surface area (Å²) in [5.74, 6) is 0.475. The van der Waals surface area contributed by atoms with Gasteiger partial charge in [-0.05, 0) is 0 Å². The van der Waals surface area contributed by atoms with Gasteiger partial charge in [-0.2, -0.15) is 25.3 Å². The lowest BCUT2D eigenvalue weighted by Gasteiger charge is -2.14. The summed E-state index contributed by atoms with van der Waals surface area (Å²) in [6.45, 7) is 0.837. The predicted octanol–water partition coefficient (Wildman–Crippen LogP) is -1.33. The molecule has 0 rings (SSSR count). The molecule has 0 aliphatic heterocycles. The lowest BCUT2D eigenvalue weighted by Crippen LogP contribution is -2.49. The highest BCUT2D eigenvalue weighted by molar-refractivity contribution is 7.80. The molecule has 0 bridgehead atoms. The van der Waals surface area contributed by atoms with Crippen molar-refractivity contribution in [2.24, 2.45) is 0 Å². The van der Waals surface area contributed by atoms with E-state index >= 15 is 0 Å². The van der Waals surface area contributed by atoms with Crippen LogP contribution in [0.15, 0.2) is 0 Å². The molecule has 0 aliphatic rings. The molecule has 0 spiro atoms. The zero-order valence-corrected chi connectivity index (χ0v) is 10.4. The predicted molar refractivity (Wildman–Crippen MR) is 66.6 cm³/mol. The fourth-order valence-electron chi connectivity index (χ4n) is 0.895. The summed E-state index contributed by atoms with van der Waals surface area (Å²) in [5, 5.41) is 7.89.